The second-order valence-corrected chi connectivity index (χ2v) is 6.82. The van der Waals surface area contributed by atoms with Crippen LogP contribution < -0.4 is 20.1 Å². The second kappa shape index (κ2) is 8.90. The fourth-order valence-corrected chi connectivity index (χ4v) is 3.33. The summed E-state index contributed by atoms with van der Waals surface area (Å²) in [7, 11) is 3.08. The molecule has 0 radical (unpaired) electrons. The van der Waals surface area contributed by atoms with Gasteiger partial charge >= 0.3 is 0 Å². The van der Waals surface area contributed by atoms with E-state index in [9.17, 15) is 4.79 Å². The number of amides is 1. The lowest BCUT2D eigenvalue weighted by atomic mass is 9.95. The first kappa shape index (κ1) is 19.2. The van der Waals surface area contributed by atoms with Crippen LogP contribution in [0.2, 0.25) is 5.02 Å². The van der Waals surface area contributed by atoms with Crippen molar-refractivity contribution < 1.29 is 14.3 Å². The molecule has 1 aliphatic rings. The number of carbonyl (C=O) groups is 1. The summed E-state index contributed by atoms with van der Waals surface area (Å²) in [6.07, 6.45) is 8.65. The third-order valence-corrected chi connectivity index (χ3v) is 4.87. The molecule has 1 aromatic heterocycles. The number of methoxy groups -OCH3 is 2. The van der Waals surface area contributed by atoms with Gasteiger partial charge in [-0.05, 0) is 12.8 Å². The Morgan fingerprint density at radius 3 is 2.37 bits per heavy atom. The van der Waals surface area contributed by atoms with Crippen LogP contribution in [-0.4, -0.2) is 36.1 Å². The Morgan fingerprint density at radius 2 is 1.74 bits per heavy atom. The van der Waals surface area contributed by atoms with Crippen molar-refractivity contribution in [1.29, 1.82) is 0 Å². The minimum absolute atomic E-state index is 0.140. The first-order chi connectivity index (χ1) is 13.1. The molecule has 3 rings (SSSR count). The van der Waals surface area contributed by atoms with E-state index >= 15 is 0 Å². The van der Waals surface area contributed by atoms with E-state index in [1.54, 1.807) is 19.2 Å². The maximum atomic E-state index is 12.3. The average Bonchev–Trinajstić information content (AvgIpc) is 2.70. The number of hydrogen-bond acceptors (Lipinski definition) is 6. The Kier molecular flexibility index (Phi) is 6.34. The fourth-order valence-electron chi connectivity index (χ4n) is 3.10. The van der Waals surface area contributed by atoms with Gasteiger partial charge in [0.05, 0.1) is 30.5 Å². The normalized spacial score (nSPS) is 14.5. The number of aromatic nitrogens is 2. The average molecular weight is 391 g/mol. The highest BCUT2D eigenvalue weighted by Gasteiger charge is 2.17. The fraction of sp³-hybridized carbons (Fsp3) is 0.421. The highest BCUT2D eigenvalue weighted by molar-refractivity contribution is 6.32. The van der Waals surface area contributed by atoms with E-state index in [0.717, 1.165) is 25.7 Å². The predicted molar refractivity (Wildman–Crippen MR) is 104 cm³/mol. The van der Waals surface area contributed by atoms with Crippen LogP contribution in [0.25, 0.3) is 0 Å². The van der Waals surface area contributed by atoms with Gasteiger partial charge in [-0.2, -0.15) is 0 Å². The van der Waals surface area contributed by atoms with E-state index in [-0.39, 0.29) is 11.9 Å². The molecule has 144 valence electrons. The zero-order valence-corrected chi connectivity index (χ0v) is 16.2. The monoisotopic (exact) mass is 390 g/mol. The highest BCUT2D eigenvalue weighted by Crippen LogP contribution is 2.36. The number of anilines is 2. The molecule has 2 aromatic rings. The summed E-state index contributed by atoms with van der Waals surface area (Å²) in [5, 5.41) is 6.55. The van der Waals surface area contributed by atoms with E-state index < -0.39 is 0 Å². The largest absolute Gasteiger partial charge is 0.495 e. The molecule has 1 saturated carbocycles. The topological polar surface area (TPSA) is 85.4 Å². The molecule has 0 spiro atoms. The summed E-state index contributed by atoms with van der Waals surface area (Å²) in [6, 6.07) is 3.60. The van der Waals surface area contributed by atoms with Crippen LogP contribution >= 0.6 is 11.6 Å². The Hall–Kier alpha value is -2.54. The first-order valence-electron chi connectivity index (χ1n) is 8.92. The minimum atomic E-state index is -0.140. The van der Waals surface area contributed by atoms with Gasteiger partial charge in [0.2, 0.25) is 5.95 Å². The van der Waals surface area contributed by atoms with E-state index in [1.165, 1.54) is 25.9 Å². The van der Waals surface area contributed by atoms with Crippen molar-refractivity contribution in [3.05, 3.63) is 35.1 Å². The third kappa shape index (κ3) is 4.80. The molecule has 1 aliphatic carbocycles. The first-order valence-corrected chi connectivity index (χ1v) is 9.30. The van der Waals surface area contributed by atoms with Gasteiger partial charge in [-0.3, -0.25) is 4.79 Å². The van der Waals surface area contributed by atoms with Crippen molar-refractivity contribution in [2.24, 2.45) is 0 Å². The van der Waals surface area contributed by atoms with Gasteiger partial charge < -0.3 is 20.1 Å². The maximum absolute atomic E-state index is 12.3. The lowest BCUT2D eigenvalue weighted by molar-refractivity contribution is 0.0927. The van der Waals surface area contributed by atoms with Crippen molar-refractivity contribution in [2.45, 2.75) is 38.1 Å². The van der Waals surface area contributed by atoms with E-state index in [0.29, 0.717) is 33.7 Å². The van der Waals surface area contributed by atoms with Crippen LogP contribution in [0.5, 0.6) is 11.5 Å². The molecule has 0 atom stereocenters. The quantitative estimate of drug-likeness (QED) is 0.776. The Balaban J connectivity index is 1.69. The van der Waals surface area contributed by atoms with E-state index in [1.807, 2.05) is 0 Å². The van der Waals surface area contributed by atoms with Crippen LogP contribution in [0.15, 0.2) is 24.5 Å². The molecule has 1 aromatic carbocycles. The third-order valence-electron chi connectivity index (χ3n) is 4.57. The zero-order valence-electron chi connectivity index (χ0n) is 15.4. The molecular formula is C19H23ClN4O3. The number of carbonyl (C=O) groups excluding carboxylic acids is 1. The SMILES string of the molecule is COc1cc(Nc2ncc(C(=O)NC3CCCCC3)cn2)c(OC)cc1Cl. The van der Waals surface area contributed by atoms with Crippen LogP contribution in [0, 0.1) is 0 Å². The van der Waals surface area contributed by atoms with Crippen molar-refractivity contribution in [3.63, 3.8) is 0 Å². The molecule has 27 heavy (non-hydrogen) atoms. The molecule has 0 saturated heterocycles. The summed E-state index contributed by atoms with van der Waals surface area (Å²) in [4.78, 5) is 20.8. The van der Waals surface area contributed by atoms with Gasteiger partial charge in [0.15, 0.2) is 0 Å². The van der Waals surface area contributed by atoms with Gasteiger partial charge in [-0.25, -0.2) is 9.97 Å². The van der Waals surface area contributed by atoms with Gasteiger partial charge in [0.25, 0.3) is 5.91 Å². The molecule has 1 fully saturated rings. The Bertz CT molecular complexity index is 792. The van der Waals surface area contributed by atoms with Crippen molar-refractivity contribution in [3.8, 4) is 11.5 Å². The predicted octanol–water partition coefficient (Wildman–Crippen LogP) is 3.95. The van der Waals surface area contributed by atoms with Gasteiger partial charge in [-0.15, -0.1) is 0 Å². The van der Waals surface area contributed by atoms with E-state index in [4.69, 9.17) is 21.1 Å². The van der Waals surface area contributed by atoms with Crippen LogP contribution in [0.1, 0.15) is 42.5 Å². The zero-order chi connectivity index (χ0) is 19.2. The van der Waals surface area contributed by atoms with Crippen molar-refractivity contribution >= 4 is 29.1 Å². The molecule has 1 amide bonds. The van der Waals surface area contributed by atoms with Crippen LogP contribution in [0.4, 0.5) is 11.6 Å². The Morgan fingerprint density at radius 1 is 1.07 bits per heavy atom. The molecule has 2 N–H and O–H groups in total. The Labute approximate surface area is 163 Å². The maximum Gasteiger partial charge on any atom is 0.254 e. The van der Waals surface area contributed by atoms with Crippen LogP contribution in [0.3, 0.4) is 0 Å². The molecule has 1 heterocycles. The van der Waals surface area contributed by atoms with E-state index in [2.05, 4.69) is 20.6 Å². The molecular weight excluding hydrogens is 368 g/mol. The molecule has 7 nitrogen and oxygen atoms in total. The van der Waals surface area contributed by atoms with Crippen LogP contribution in [-0.2, 0) is 0 Å². The number of halogens is 1. The summed E-state index contributed by atoms with van der Waals surface area (Å²) in [5.41, 5.74) is 1.05. The molecule has 8 heteroatoms. The summed E-state index contributed by atoms with van der Waals surface area (Å²) in [6.45, 7) is 0. The molecule has 0 bridgehead atoms. The van der Waals surface area contributed by atoms with Gasteiger partial charge in [-0.1, -0.05) is 30.9 Å². The van der Waals surface area contributed by atoms with Gasteiger partial charge in [0.1, 0.15) is 11.5 Å². The minimum Gasteiger partial charge on any atom is -0.495 e. The van der Waals surface area contributed by atoms with Gasteiger partial charge in [0, 0.05) is 30.6 Å². The standard InChI is InChI=1S/C19H23ClN4O3/c1-26-16-9-15(17(27-2)8-14(16)20)24-19-21-10-12(11-22-19)18(25)23-13-6-4-3-5-7-13/h8-11,13H,3-7H2,1-2H3,(H,23,25)(H,21,22,24). The van der Waals surface area contributed by atoms with Crippen molar-refractivity contribution in [2.75, 3.05) is 19.5 Å². The lowest BCUT2D eigenvalue weighted by Crippen LogP contribution is -2.36. The number of nitrogens with one attached hydrogen (secondary N) is 2. The summed E-state index contributed by atoms with van der Waals surface area (Å²) >= 11 is 6.11. The summed E-state index contributed by atoms with van der Waals surface area (Å²) in [5.74, 6) is 1.23. The van der Waals surface area contributed by atoms with Crippen molar-refractivity contribution in [1.82, 2.24) is 15.3 Å². The smallest absolute Gasteiger partial charge is 0.254 e. The molecule has 0 unspecified atom stereocenters. The lowest BCUT2D eigenvalue weighted by Gasteiger charge is -2.22. The number of rotatable bonds is 6. The number of benzene rings is 1. The number of ether oxygens (including phenoxy) is 2. The highest BCUT2D eigenvalue weighted by atomic mass is 35.5. The number of hydrogen-bond donors (Lipinski definition) is 2. The number of nitrogens with zero attached hydrogens (tertiary/aromatic N) is 2. The summed E-state index contributed by atoms with van der Waals surface area (Å²) < 4.78 is 10.5. The second-order valence-electron chi connectivity index (χ2n) is 6.42. The molecule has 0 aliphatic heterocycles.